The van der Waals surface area contributed by atoms with Gasteiger partial charge in [-0.3, -0.25) is 4.90 Å². The van der Waals surface area contributed by atoms with Crippen molar-refractivity contribution in [1.29, 1.82) is 0 Å². The van der Waals surface area contributed by atoms with Crippen LogP contribution in [-0.4, -0.2) is 47.5 Å². The van der Waals surface area contributed by atoms with E-state index in [4.69, 9.17) is 0 Å². The Morgan fingerprint density at radius 1 is 1.07 bits per heavy atom. The molecule has 1 N–H and O–H groups in total. The molecule has 2 atom stereocenters. The highest BCUT2D eigenvalue weighted by Gasteiger charge is 2.34. The maximum atomic E-state index is 13.0. The van der Waals surface area contributed by atoms with Crippen molar-refractivity contribution in [2.45, 2.75) is 38.4 Å². The van der Waals surface area contributed by atoms with Crippen LogP contribution in [0.25, 0.3) is 0 Å². The van der Waals surface area contributed by atoms with Gasteiger partial charge in [-0.25, -0.2) is 0 Å². The maximum Gasteiger partial charge on any atom is 0.416 e. The van der Waals surface area contributed by atoms with Gasteiger partial charge in [-0.2, -0.15) is 13.2 Å². The Balaban J connectivity index is 1.87. The second-order valence-corrected chi connectivity index (χ2v) is 7.54. The summed E-state index contributed by atoms with van der Waals surface area (Å²) in [5.74, 6) is 0. The van der Waals surface area contributed by atoms with E-state index in [0.29, 0.717) is 0 Å². The summed E-state index contributed by atoms with van der Waals surface area (Å²) in [6, 6.07) is 15.7. The summed E-state index contributed by atoms with van der Waals surface area (Å²) in [7, 11) is -0.497. The van der Waals surface area contributed by atoms with Crippen LogP contribution in [0.4, 0.5) is 13.2 Å². The highest BCUT2D eigenvalue weighted by Crippen LogP contribution is 2.33. The monoisotopic (exact) mass is 390 g/mol. The number of alkyl halides is 3. The summed E-state index contributed by atoms with van der Waals surface area (Å²) in [6.45, 7) is 6.08. The molecule has 1 heterocycles. The van der Waals surface area contributed by atoms with Crippen molar-refractivity contribution < 1.29 is 18.2 Å². The Morgan fingerprint density at radius 2 is 1.71 bits per heavy atom. The van der Waals surface area contributed by atoms with Gasteiger partial charge in [0.05, 0.1) is 5.56 Å². The Labute approximate surface area is 164 Å². The zero-order chi connectivity index (χ0) is 20.3. The molecule has 150 valence electrons. The Bertz CT molecular complexity index is 752. The van der Waals surface area contributed by atoms with Gasteiger partial charge in [-0.1, -0.05) is 42.5 Å². The predicted octanol–water partition coefficient (Wildman–Crippen LogP) is 4.11. The minimum Gasteiger partial charge on any atom is -0.437 e. The van der Waals surface area contributed by atoms with Gasteiger partial charge in [0, 0.05) is 31.7 Å². The van der Waals surface area contributed by atoms with E-state index >= 15 is 0 Å². The van der Waals surface area contributed by atoms with E-state index in [1.54, 1.807) is 19.0 Å². The van der Waals surface area contributed by atoms with E-state index in [9.17, 15) is 18.2 Å². The first-order chi connectivity index (χ1) is 13.3. The molecule has 28 heavy (non-hydrogen) atoms. The van der Waals surface area contributed by atoms with E-state index in [2.05, 4.69) is 11.8 Å². The Hall–Kier alpha value is -1.83. The first kappa shape index (κ1) is 20.9. The van der Waals surface area contributed by atoms with Crippen LogP contribution in [0, 0.1) is 0 Å². The molecule has 1 aliphatic rings. The van der Waals surface area contributed by atoms with E-state index in [1.807, 2.05) is 35.1 Å². The Kier molecular flexibility index (Phi) is 6.48. The largest absolute Gasteiger partial charge is 0.437 e. The van der Waals surface area contributed by atoms with Gasteiger partial charge >= 0.3 is 13.2 Å². The smallest absolute Gasteiger partial charge is 0.416 e. The number of halogens is 3. The average Bonchev–Trinajstić information content (AvgIpc) is 2.66. The van der Waals surface area contributed by atoms with Gasteiger partial charge in [0.25, 0.3) is 0 Å². The van der Waals surface area contributed by atoms with E-state index < -0.39 is 18.8 Å². The molecule has 7 heteroatoms. The third kappa shape index (κ3) is 4.96. The van der Waals surface area contributed by atoms with E-state index in [0.717, 1.165) is 37.2 Å². The van der Waals surface area contributed by atoms with Crippen LogP contribution in [0.15, 0.2) is 54.6 Å². The molecule has 1 saturated heterocycles. The van der Waals surface area contributed by atoms with Crippen LogP contribution >= 0.6 is 0 Å². The number of nitrogens with zero attached hydrogens (tertiary/aromatic N) is 2. The fourth-order valence-electron chi connectivity index (χ4n) is 3.96. The number of rotatable bonds is 5. The number of benzene rings is 2. The van der Waals surface area contributed by atoms with Crippen LogP contribution < -0.4 is 0 Å². The minimum absolute atomic E-state index is 0.0177. The quantitative estimate of drug-likeness (QED) is 0.779. The molecule has 0 amide bonds. The molecule has 3 rings (SSSR count). The van der Waals surface area contributed by atoms with Crippen LogP contribution in [0.2, 0.25) is 6.82 Å². The zero-order valence-corrected chi connectivity index (χ0v) is 16.2. The highest BCUT2D eigenvalue weighted by molar-refractivity contribution is 6.45. The van der Waals surface area contributed by atoms with Crippen molar-refractivity contribution in [3.05, 3.63) is 71.3 Å². The normalized spacial score (nSPS) is 20.1. The topological polar surface area (TPSA) is 26.7 Å². The summed E-state index contributed by atoms with van der Waals surface area (Å²) < 4.78 is 38.9. The molecule has 0 saturated carbocycles. The molecule has 1 fully saturated rings. The second-order valence-electron chi connectivity index (χ2n) is 7.54. The molecule has 3 nitrogen and oxygen atoms in total. The molecule has 2 aromatic rings. The van der Waals surface area contributed by atoms with Gasteiger partial charge in [0.2, 0.25) is 0 Å². The highest BCUT2D eigenvalue weighted by atomic mass is 19.4. The predicted molar refractivity (Wildman–Crippen MR) is 106 cm³/mol. The second kappa shape index (κ2) is 8.68. The first-order valence-corrected chi connectivity index (χ1v) is 9.64. The van der Waals surface area contributed by atoms with Crippen molar-refractivity contribution in [3.63, 3.8) is 0 Å². The van der Waals surface area contributed by atoms with Crippen molar-refractivity contribution in [2.24, 2.45) is 0 Å². The molecule has 0 aliphatic carbocycles. The standard InChI is InChI=1S/C21H26BF3N2O/c1-16-15-26(22(2)28)12-13-27(16)20(14-17-6-4-3-5-7-17)18-8-10-19(11-9-18)21(23,24)25/h3-11,16,20,28H,12-15H2,1-2H3/t16-,20-/m0/s1. The van der Waals surface area contributed by atoms with Gasteiger partial charge < -0.3 is 9.83 Å². The molecule has 0 spiro atoms. The lowest BCUT2D eigenvalue weighted by atomic mass is 9.83. The van der Waals surface area contributed by atoms with Crippen molar-refractivity contribution in [3.8, 4) is 0 Å². The van der Waals surface area contributed by atoms with Gasteiger partial charge in [-0.05, 0) is 43.4 Å². The molecule has 0 bridgehead atoms. The van der Waals surface area contributed by atoms with Crippen LogP contribution in [0.3, 0.4) is 0 Å². The van der Waals surface area contributed by atoms with E-state index in [-0.39, 0.29) is 12.1 Å². The lowest BCUT2D eigenvalue weighted by Crippen LogP contribution is -2.56. The van der Waals surface area contributed by atoms with Crippen LogP contribution in [0.1, 0.15) is 29.7 Å². The molecule has 2 aromatic carbocycles. The molecular formula is C21H26BF3N2O. The fraction of sp³-hybridized carbons (Fsp3) is 0.429. The average molecular weight is 390 g/mol. The molecule has 0 radical (unpaired) electrons. The maximum absolute atomic E-state index is 13.0. The number of hydrogen-bond donors (Lipinski definition) is 1. The van der Waals surface area contributed by atoms with Crippen molar-refractivity contribution in [2.75, 3.05) is 19.6 Å². The van der Waals surface area contributed by atoms with Crippen molar-refractivity contribution >= 4 is 7.05 Å². The summed E-state index contributed by atoms with van der Waals surface area (Å²) in [4.78, 5) is 4.36. The lowest BCUT2D eigenvalue weighted by Gasteiger charge is -2.44. The molecular weight excluding hydrogens is 364 g/mol. The zero-order valence-electron chi connectivity index (χ0n) is 16.2. The molecule has 0 unspecified atom stereocenters. The van der Waals surface area contributed by atoms with Crippen molar-refractivity contribution in [1.82, 2.24) is 9.71 Å². The first-order valence-electron chi connectivity index (χ1n) is 9.64. The molecule has 0 aromatic heterocycles. The summed E-state index contributed by atoms with van der Waals surface area (Å²) in [5.41, 5.74) is 1.41. The number of hydrogen-bond acceptors (Lipinski definition) is 3. The SMILES string of the molecule is CB(O)N1CCN([C@@H](Cc2ccccc2)c2ccc(C(F)(F)F)cc2)[C@@H](C)C1. The van der Waals surface area contributed by atoms with Crippen LogP contribution in [-0.2, 0) is 12.6 Å². The van der Waals surface area contributed by atoms with Gasteiger partial charge in [0.1, 0.15) is 0 Å². The van der Waals surface area contributed by atoms with Crippen LogP contribution in [0.5, 0.6) is 0 Å². The lowest BCUT2D eigenvalue weighted by molar-refractivity contribution is -0.137. The fourth-order valence-corrected chi connectivity index (χ4v) is 3.96. The number of piperazine rings is 1. The third-order valence-corrected chi connectivity index (χ3v) is 5.53. The van der Waals surface area contributed by atoms with E-state index in [1.165, 1.54) is 12.1 Å². The Morgan fingerprint density at radius 3 is 2.25 bits per heavy atom. The summed E-state index contributed by atoms with van der Waals surface area (Å²) in [5, 5.41) is 9.88. The minimum atomic E-state index is -4.33. The summed E-state index contributed by atoms with van der Waals surface area (Å²) in [6.07, 6.45) is -3.60. The summed E-state index contributed by atoms with van der Waals surface area (Å²) >= 11 is 0. The molecule has 1 aliphatic heterocycles. The van der Waals surface area contributed by atoms with Gasteiger partial charge in [0.15, 0.2) is 0 Å². The third-order valence-electron chi connectivity index (χ3n) is 5.53. The van der Waals surface area contributed by atoms with Gasteiger partial charge in [-0.15, -0.1) is 0 Å².